The summed E-state index contributed by atoms with van der Waals surface area (Å²) >= 11 is 9.51. The molecule has 0 fully saturated rings. The number of halogens is 4. The van der Waals surface area contributed by atoms with Crippen LogP contribution in [0.5, 0.6) is 0 Å². The maximum Gasteiger partial charge on any atom is 0.164 e. The van der Waals surface area contributed by atoms with Crippen LogP contribution in [-0.2, 0) is 0 Å². The fourth-order valence-electron chi connectivity index (χ4n) is 2.10. The van der Waals surface area contributed by atoms with Gasteiger partial charge in [0.1, 0.15) is 0 Å². The van der Waals surface area contributed by atoms with E-state index in [9.17, 15) is 8.78 Å². The summed E-state index contributed by atoms with van der Waals surface area (Å²) in [5.74, 6) is -1.67. The lowest BCUT2D eigenvalue weighted by Crippen LogP contribution is -2.20. The van der Waals surface area contributed by atoms with Crippen molar-refractivity contribution in [3.8, 4) is 0 Å². The van der Waals surface area contributed by atoms with Crippen molar-refractivity contribution in [3.05, 3.63) is 68.2 Å². The Kier molecular flexibility index (Phi) is 4.78. The van der Waals surface area contributed by atoms with E-state index in [1.54, 1.807) is 31.3 Å². The number of rotatable bonds is 3. The Morgan fingerprint density at radius 3 is 2.35 bits per heavy atom. The van der Waals surface area contributed by atoms with Gasteiger partial charge in [0.25, 0.3) is 0 Å². The van der Waals surface area contributed by atoms with Crippen LogP contribution in [-0.4, -0.2) is 7.05 Å². The van der Waals surface area contributed by atoms with E-state index in [0.29, 0.717) is 10.6 Å². The first kappa shape index (κ1) is 15.4. The first-order valence-electron chi connectivity index (χ1n) is 6.02. The van der Waals surface area contributed by atoms with Crippen molar-refractivity contribution in [1.82, 2.24) is 5.32 Å². The highest BCUT2D eigenvalue weighted by Crippen LogP contribution is 2.32. The van der Waals surface area contributed by atoms with Crippen LogP contribution in [0.15, 0.2) is 34.8 Å². The van der Waals surface area contributed by atoms with Gasteiger partial charge in [-0.3, -0.25) is 0 Å². The molecule has 0 saturated carbocycles. The van der Waals surface area contributed by atoms with Crippen molar-refractivity contribution in [2.45, 2.75) is 13.0 Å². The van der Waals surface area contributed by atoms with Gasteiger partial charge in [0, 0.05) is 15.1 Å². The largest absolute Gasteiger partial charge is 0.309 e. The predicted molar refractivity (Wildman–Crippen MR) is 81.1 cm³/mol. The summed E-state index contributed by atoms with van der Waals surface area (Å²) in [5, 5.41) is 3.46. The zero-order valence-corrected chi connectivity index (χ0v) is 13.3. The summed E-state index contributed by atoms with van der Waals surface area (Å²) in [6.07, 6.45) is 0. The molecule has 0 aliphatic heterocycles. The molecule has 20 heavy (non-hydrogen) atoms. The second kappa shape index (κ2) is 6.20. The number of hydrogen-bond acceptors (Lipinski definition) is 1. The maximum absolute atomic E-state index is 14.1. The Bertz CT molecular complexity index is 646. The van der Waals surface area contributed by atoms with Crippen LogP contribution >= 0.6 is 27.5 Å². The van der Waals surface area contributed by atoms with Gasteiger partial charge in [-0.1, -0.05) is 45.7 Å². The normalized spacial score (nSPS) is 12.5. The molecule has 0 bridgehead atoms. The van der Waals surface area contributed by atoms with Crippen LogP contribution in [0.1, 0.15) is 22.7 Å². The average molecular weight is 361 g/mol. The quantitative estimate of drug-likeness (QED) is 0.812. The minimum absolute atomic E-state index is 0.236. The van der Waals surface area contributed by atoms with Crippen molar-refractivity contribution in [2.75, 3.05) is 7.05 Å². The van der Waals surface area contributed by atoms with E-state index in [-0.39, 0.29) is 11.1 Å². The molecule has 0 heterocycles. The minimum Gasteiger partial charge on any atom is -0.309 e. The van der Waals surface area contributed by atoms with Crippen molar-refractivity contribution in [3.63, 3.8) is 0 Å². The fraction of sp³-hybridized carbons (Fsp3) is 0.200. The van der Waals surface area contributed by atoms with E-state index in [1.165, 1.54) is 6.92 Å². The second-order valence-electron chi connectivity index (χ2n) is 4.49. The van der Waals surface area contributed by atoms with Crippen LogP contribution in [0, 0.1) is 18.6 Å². The molecule has 0 amide bonds. The Labute approximate surface area is 130 Å². The van der Waals surface area contributed by atoms with Gasteiger partial charge < -0.3 is 5.32 Å². The highest BCUT2D eigenvalue weighted by molar-refractivity contribution is 9.10. The van der Waals surface area contributed by atoms with E-state index < -0.39 is 17.7 Å². The molecule has 1 atom stereocenters. The van der Waals surface area contributed by atoms with Crippen LogP contribution in [0.4, 0.5) is 8.78 Å². The van der Waals surface area contributed by atoms with Crippen molar-refractivity contribution in [1.29, 1.82) is 0 Å². The molecular weight excluding hydrogens is 348 g/mol. The number of aryl methyl sites for hydroxylation is 1. The van der Waals surface area contributed by atoms with Gasteiger partial charge in [0.15, 0.2) is 11.6 Å². The molecule has 0 aliphatic carbocycles. The van der Waals surface area contributed by atoms with E-state index in [4.69, 9.17) is 11.6 Å². The molecule has 2 aromatic carbocycles. The number of hydrogen-bond donors (Lipinski definition) is 1. The number of benzene rings is 2. The summed E-state index contributed by atoms with van der Waals surface area (Å²) in [6.45, 7) is 1.53. The van der Waals surface area contributed by atoms with Gasteiger partial charge in [-0.2, -0.15) is 0 Å². The first-order chi connectivity index (χ1) is 9.45. The van der Waals surface area contributed by atoms with Crippen molar-refractivity contribution < 1.29 is 8.78 Å². The third-order valence-electron chi connectivity index (χ3n) is 3.18. The van der Waals surface area contributed by atoms with Crippen LogP contribution in [0.3, 0.4) is 0 Å². The third-order valence-corrected chi connectivity index (χ3v) is 4.00. The van der Waals surface area contributed by atoms with Gasteiger partial charge in [-0.25, -0.2) is 8.78 Å². The number of nitrogens with one attached hydrogen (secondary N) is 1. The topological polar surface area (TPSA) is 12.0 Å². The van der Waals surface area contributed by atoms with Gasteiger partial charge in [0.2, 0.25) is 0 Å². The minimum atomic E-state index is -0.844. The standard InChI is InChI=1S/C15H13BrClF2N/c1-8-3-5-11(14(19)13(8)18)15(20-2)10-6-4-9(16)7-12(10)17/h3-7,15,20H,1-2H3. The summed E-state index contributed by atoms with van der Waals surface area (Å²) in [7, 11) is 1.68. The Balaban J connectivity index is 2.55. The van der Waals surface area contributed by atoms with Crippen LogP contribution in [0.2, 0.25) is 5.02 Å². The van der Waals surface area contributed by atoms with E-state index in [0.717, 1.165) is 4.47 Å². The van der Waals surface area contributed by atoms with Crippen molar-refractivity contribution in [2.24, 2.45) is 0 Å². The van der Waals surface area contributed by atoms with Crippen molar-refractivity contribution >= 4 is 27.5 Å². The molecule has 0 saturated heterocycles. The lowest BCUT2D eigenvalue weighted by molar-refractivity contribution is 0.482. The molecule has 1 N–H and O–H groups in total. The van der Waals surface area contributed by atoms with E-state index in [1.807, 2.05) is 6.07 Å². The van der Waals surface area contributed by atoms with Crippen LogP contribution < -0.4 is 5.32 Å². The molecule has 2 rings (SSSR count). The monoisotopic (exact) mass is 359 g/mol. The summed E-state index contributed by atoms with van der Waals surface area (Å²) in [6, 6.07) is 7.95. The predicted octanol–water partition coefficient (Wildman–Crippen LogP) is 5.00. The Hall–Kier alpha value is -0.970. The second-order valence-corrected chi connectivity index (χ2v) is 5.81. The molecule has 0 aliphatic rings. The Morgan fingerprint density at radius 2 is 1.75 bits per heavy atom. The zero-order chi connectivity index (χ0) is 14.9. The van der Waals surface area contributed by atoms with Gasteiger partial charge in [0.05, 0.1) is 6.04 Å². The average Bonchev–Trinajstić information content (AvgIpc) is 2.41. The lowest BCUT2D eigenvalue weighted by atomic mass is 9.97. The highest BCUT2D eigenvalue weighted by atomic mass is 79.9. The molecule has 2 aromatic rings. The molecule has 0 aromatic heterocycles. The summed E-state index contributed by atoms with van der Waals surface area (Å²) < 4.78 is 28.7. The summed E-state index contributed by atoms with van der Waals surface area (Å²) in [4.78, 5) is 0. The SMILES string of the molecule is CNC(c1ccc(Br)cc1Cl)c1ccc(C)c(F)c1F. The molecular formula is C15H13BrClF2N. The highest BCUT2D eigenvalue weighted by Gasteiger charge is 2.21. The maximum atomic E-state index is 14.1. The summed E-state index contributed by atoms with van der Waals surface area (Å²) in [5.41, 5.74) is 1.21. The van der Waals surface area contributed by atoms with Crippen LogP contribution in [0.25, 0.3) is 0 Å². The van der Waals surface area contributed by atoms with E-state index >= 15 is 0 Å². The first-order valence-corrected chi connectivity index (χ1v) is 7.19. The van der Waals surface area contributed by atoms with Gasteiger partial charge in [-0.05, 0) is 37.2 Å². The smallest absolute Gasteiger partial charge is 0.164 e. The van der Waals surface area contributed by atoms with Gasteiger partial charge >= 0.3 is 0 Å². The van der Waals surface area contributed by atoms with Gasteiger partial charge in [-0.15, -0.1) is 0 Å². The molecule has 0 spiro atoms. The Morgan fingerprint density at radius 1 is 1.10 bits per heavy atom. The third kappa shape index (κ3) is 2.87. The van der Waals surface area contributed by atoms with E-state index in [2.05, 4.69) is 21.2 Å². The molecule has 1 unspecified atom stereocenters. The molecule has 106 valence electrons. The molecule has 1 nitrogen and oxygen atoms in total. The lowest BCUT2D eigenvalue weighted by Gasteiger charge is -2.20. The zero-order valence-electron chi connectivity index (χ0n) is 11.0. The molecule has 5 heteroatoms. The fourth-order valence-corrected chi connectivity index (χ4v) is 2.88. The molecule has 0 radical (unpaired) electrons.